The number of hydrogen-bond donors (Lipinski definition) is 1. The maximum atomic E-state index is 12.9. The van der Waals surface area contributed by atoms with Gasteiger partial charge in [-0.05, 0) is 43.9 Å². The molecule has 0 aromatic heterocycles. The van der Waals surface area contributed by atoms with Gasteiger partial charge in [0.15, 0.2) is 0 Å². The van der Waals surface area contributed by atoms with E-state index in [0.717, 1.165) is 12.8 Å². The predicted octanol–water partition coefficient (Wildman–Crippen LogP) is 1.07. The lowest BCUT2D eigenvalue weighted by Crippen LogP contribution is -2.49. The first-order valence-electron chi connectivity index (χ1n) is 8.95. The number of benzene rings is 1. The Morgan fingerprint density at radius 3 is 2.38 bits per heavy atom. The van der Waals surface area contributed by atoms with Crippen LogP contribution < -0.4 is 5.32 Å². The normalized spacial score (nSPS) is 19.8. The Balaban J connectivity index is 1.72. The zero-order valence-electron chi connectivity index (χ0n) is 15.1. The maximum absolute atomic E-state index is 12.9. The minimum absolute atomic E-state index is 0.0505. The molecule has 1 aliphatic heterocycles. The lowest BCUT2D eigenvalue weighted by atomic mass is 10.1. The molecule has 2 amide bonds. The van der Waals surface area contributed by atoms with Gasteiger partial charge in [-0.15, -0.1) is 0 Å². The number of carbonyl (C=O) groups excluding carboxylic acids is 2. The average molecular weight is 379 g/mol. The van der Waals surface area contributed by atoms with Crippen LogP contribution in [0.1, 0.15) is 37.0 Å². The van der Waals surface area contributed by atoms with Crippen molar-refractivity contribution in [1.29, 1.82) is 0 Å². The SMILES string of the molecule is CC(=O)N1CCN(S(=O)(=O)c2cccc(C(=O)N[C@H](C)C3CC3)c2)CC1. The second kappa shape index (κ2) is 7.36. The molecule has 1 atom stereocenters. The van der Waals surface area contributed by atoms with Crippen molar-refractivity contribution >= 4 is 21.8 Å². The molecule has 26 heavy (non-hydrogen) atoms. The number of hydrogen-bond acceptors (Lipinski definition) is 4. The second-order valence-electron chi connectivity index (χ2n) is 7.04. The van der Waals surface area contributed by atoms with E-state index in [1.165, 1.54) is 23.4 Å². The van der Waals surface area contributed by atoms with Gasteiger partial charge in [0.2, 0.25) is 15.9 Å². The van der Waals surface area contributed by atoms with E-state index in [-0.39, 0.29) is 35.8 Å². The minimum Gasteiger partial charge on any atom is -0.349 e. The molecule has 0 radical (unpaired) electrons. The Bertz CT molecular complexity index is 796. The van der Waals surface area contributed by atoms with Crippen LogP contribution in [0.25, 0.3) is 0 Å². The first-order valence-corrected chi connectivity index (χ1v) is 10.4. The maximum Gasteiger partial charge on any atom is 0.251 e. The van der Waals surface area contributed by atoms with Crippen molar-refractivity contribution in [3.05, 3.63) is 29.8 Å². The first-order chi connectivity index (χ1) is 12.3. The lowest BCUT2D eigenvalue weighted by molar-refractivity contribution is -0.129. The Morgan fingerprint density at radius 1 is 1.15 bits per heavy atom. The topological polar surface area (TPSA) is 86.8 Å². The molecule has 3 rings (SSSR count). The van der Waals surface area contributed by atoms with Crippen LogP contribution in [-0.4, -0.2) is 61.7 Å². The fourth-order valence-corrected chi connectivity index (χ4v) is 4.66. The van der Waals surface area contributed by atoms with Gasteiger partial charge in [-0.3, -0.25) is 9.59 Å². The Kier molecular flexibility index (Phi) is 5.34. The number of nitrogens with zero attached hydrogens (tertiary/aromatic N) is 2. The molecule has 0 bridgehead atoms. The number of carbonyl (C=O) groups is 2. The highest BCUT2D eigenvalue weighted by Gasteiger charge is 2.31. The number of rotatable bonds is 5. The second-order valence-corrected chi connectivity index (χ2v) is 8.98. The molecule has 1 heterocycles. The molecule has 0 spiro atoms. The van der Waals surface area contributed by atoms with Crippen molar-refractivity contribution in [3.63, 3.8) is 0 Å². The Hall–Kier alpha value is -1.93. The first kappa shape index (κ1) is 18.8. The van der Waals surface area contributed by atoms with Gasteiger partial charge < -0.3 is 10.2 Å². The third kappa shape index (κ3) is 4.07. The van der Waals surface area contributed by atoms with E-state index >= 15 is 0 Å². The van der Waals surface area contributed by atoms with Crippen molar-refractivity contribution in [3.8, 4) is 0 Å². The van der Waals surface area contributed by atoms with Crippen molar-refractivity contribution < 1.29 is 18.0 Å². The highest BCUT2D eigenvalue weighted by atomic mass is 32.2. The molecule has 0 unspecified atom stereocenters. The quantitative estimate of drug-likeness (QED) is 0.829. The van der Waals surface area contributed by atoms with Crippen molar-refractivity contribution in [2.24, 2.45) is 5.92 Å². The van der Waals surface area contributed by atoms with E-state index in [1.807, 2.05) is 6.92 Å². The summed E-state index contributed by atoms with van der Waals surface area (Å²) in [7, 11) is -3.68. The molecule has 1 N–H and O–H groups in total. The van der Waals surface area contributed by atoms with Crippen molar-refractivity contribution in [2.75, 3.05) is 26.2 Å². The molecule has 1 aromatic rings. The third-order valence-corrected chi connectivity index (χ3v) is 7.00. The van der Waals surface area contributed by atoms with Crippen LogP contribution in [0.5, 0.6) is 0 Å². The smallest absolute Gasteiger partial charge is 0.251 e. The molecule has 8 heteroatoms. The summed E-state index contributed by atoms with van der Waals surface area (Å²) >= 11 is 0. The molecule has 1 saturated heterocycles. The van der Waals surface area contributed by atoms with Gasteiger partial charge in [0.1, 0.15) is 0 Å². The highest BCUT2D eigenvalue weighted by molar-refractivity contribution is 7.89. The van der Waals surface area contributed by atoms with Crippen LogP contribution in [0.3, 0.4) is 0 Å². The summed E-state index contributed by atoms with van der Waals surface area (Å²) in [4.78, 5) is 25.5. The standard InChI is InChI=1S/C18H25N3O4S/c1-13(15-6-7-15)19-18(23)16-4-3-5-17(12-16)26(24,25)21-10-8-20(9-11-21)14(2)22/h3-5,12-13,15H,6-11H2,1-2H3,(H,19,23)/t13-/m1/s1. The Morgan fingerprint density at radius 2 is 1.81 bits per heavy atom. The number of nitrogens with one attached hydrogen (secondary N) is 1. The molecule has 1 aromatic carbocycles. The summed E-state index contributed by atoms with van der Waals surface area (Å²) in [5.74, 6) is 0.233. The summed E-state index contributed by atoms with van der Waals surface area (Å²) in [6.07, 6.45) is 2.25. The van der Waals surface area contributed by atoms with E-state index in [4.69, 9.17) is 0 Å². The third-order valence-electron chi connectivity index (χ3n) is 5.11. The predicted molar refractivity (Wildman–Crippen MR) is 97.1 cm³/mol. The molecular weight excluding hydrogens is 354 g/mol. The van der Waals surface area contributed by atoms with Gasteiger partial charge in [-0.2, -0.15) is 4.31 Å². The number of piperazine rings is 1. The van der Waals surface area contributed by atoms with Crippen molar-refractivity contribution in [2.45, 2.75) is 37.6 Å². The number of sulfonamides is 1. The van der Waals surface area contributed by atoms with Crippen LogP contribution in [0, 0.1) is 5.92 Å². The molecule has 2 aliphatic rings. The van der Waals surface area contributed by atoms with Gasteiger partial charge in [-0.25, -0.2) is 8.42 Å². The van der Waals surface area contributed by atoms with Gasteiger partial charge >= 0.3 is 0 Å². The van der Waals surface area contributed by atoms with E-state index in [9.17, 15) is 18.0 Å². The van der Waals surface area contributed by atoms with Crippen LogP contribution in [0.4, 0.5) is 0 Å². The number of amides is 2. The van der Waals surface area contributed by atoms with E-state index < -0.39 is 10.0 Å². The molecule has 1 saturated carbocycles. The van der Waals surface area contributed by atoms with E-state index in [1.54, 1.807) is 17.0 Å². The largest absolute Gasteiger partial charge is 0.349 e. The van der Waals surface area contributed by atoms with Gasteiger partial charge in [0.05, 0.1) is 4.90 Å². The molecule has 142 valence electrons. The monoisotopic (exact) mass is 379 g/mol. The average Bonchev–Trinajstić information content (AvgIpc) is 3.47. The lowest BCUT2D eigenvalue weighted by Gasteiger charge is -2.33. The fourth-order valence-electron chi connectivity index (χ4n) is 3.19. The van der Waals surface area contributed by atoms with E-state index in [2.05, 4.69) is 5.32 Å². The van der Waals surface area contributed by atoms with Crippen LogP contribution >= 0.6 is 0 Å². The van der Waals surface area contributed by atoms with E-state index in [0.29, 0.717) is 24.6 Å². The molecule has 7 nitrogen and oxygen atoms in total. The summed E-state index contributed by atoms with van der Waals surface area (Å²) < 4.78 is 27.1. The summed E-state index contributed by atoms with van der Waals surface area (Å²) in [5.41, 5.74) is 0.348. The summed E-state index contributed by atoms with van der Waals surface area (Å²) in [6, 6.07) is 6.26. The zero-order chi connectivity index (χ0) is 18.9. The molecule has 2 fully saturated rings. The minimum atomic E-state index is -3.68. The van der Waals surface area contributed by atoms with Crippen LogP contribution in [0.2, 0.25) is 0 Å². The molecular formula is C18H25N3O4S. The van der Waals surface area contributed by atoms with Crippen LogP contribution in [-0.2, 0) is 14.8 Å². The van der Waals surface area contributed by atoms with Crippen molar-refractivity contribution in [1.82, 2.24) is 14.5 Å². The summed E-state index contributed by atoms with van der Waals surface area (Å²) in [6.45, 7) is 4.74. The molecule has 1 aliphatic carbocycles. The van der Waals surface area contributed by atoms with Gasteiger partial charge in [0.25, 0.3) is 5.91 Å². The highest BCUT2D eigenvalue weighted by Crippen LogP contribution is 2.32. The van der Waals surface area contributed by atoms with Gasteiger partial charge in [-0.1, -0.05) is 6.07 Å². The summed E-state index contributed by atoms with van der Waals surface area (Å²) in [5, 5.41) is 2.94. The van der Waals surface area contributed by atoms with Crippen LogP contribution in [0.15, 0.2) is 29.2 Å². The van der Waals surface area contributed by atoms with Gasteiger partial charge in [0, 0.05) is 44.7 Å². The Labute approximate surface area is 154 Å². The zero-order valence-corrected chi connectivity index (χ0v) is 16.0. The fraction of sp³-hybridized carbons (Fsp3) is 0.556.